The average molecular weight is 283 g/mol. The van der Waals surface area contributed by atoms with Gasteiger partial charge in [0.25, 0.3) is 0 Å². The van der Waals surface area contributed by atoms with Gasteiger partial charge in [-0.25, -0.2) is 0 Å². The van der Waals surface area contributed by atoms with Crippen molar-refractivity contribution in [1.29, 1.82) is 0 Å². The quantitative estimate of drug-likeness (QED) is 0.509. The lowest BCUT2D eigenvalue weighted by Crippen LogP contribution is -1.99. The Morgan fingerprint density at radius 2 is 1.75 bits per heavy atom. The molecule has 20 heavy (non-hydrogen) atoms. The highest BCUT2D eigenvalue weighted by Crippen LogP contribution is 2.21. The molecule has 2 aromatic carbocycles. The van der Waals surface area contributed by atoms with Crippen molar-refractivity contribution in [2.24, 2.45) is 5.14 Å². The molecule has 0 unspecified atom stereocenters. The van der Waals surface area contributed by atoms with E-state index in [0.717, 1.165) is 21.6 Å². The van der Waals surface area contributed by atoms with E-state index < -0.39 is 0 Å². The predicted molar refractivity (Wildman–Crippen MR) is 86.1 cm³/mol. The van der Waals surface area contributed by atoms with Crippen molar-refractivity contribution in [3.8, 4) is 0 Å². The summed E-state index contributed by atoms with van der Waals surface area (Å²) in [5.74, 6) is 0.147. The second-order valence-corrected chi connectivity index (χ2v) is 5.09. The lowest BCUT2D eigenvalue weighted by molar-refractivity contribution is -0.113. The van der Waals surface area contributed by atoms with E-state index in [9.17, 15) is 4.79 Å². The first kappa shape index (κ1) is 14.6. The predicted octanol–water partition coefficient (Wildman–Crippen LogP) is 4.17. The molecule has 2 rings (SSSR count). The number of hydrogen-bond acceptors (Lipinski definition) is 3. The molecule has 102 valence electrons. The largest absolute Gasteiger partial charge is 0.294 e. The second kappa shape index (κ2) is 7.08. The molecule has 0 heterocycles. The summed E-state index contributed by atoms with van der Waals surface area (Å²) in [5, 5.41) is 5.51. The molecule has 0 saturated heterocycles. The first-order chi connectivity index (χ1) is 9.74. The molecule has 2 aromatic rings. The van der Waals surface area contributed by atoms with Gasteiger partial charge in [-0.2, -0.15) is 0 Å². The molecule has 3 heteroatoms. The van der Waals surface area contributed by atoms with E-state index in [1.807, 2.05) is 67.6 Å². The maximum Gasteiger partial charge on any atom is 0.163 e. The maximum absolute atomic E-state index is 12.1. The number of benzene rings is 2. The van der Waals surface area contributed by atoms with Crippen LogP contribution in [-0.4, -0.2) is 5.78 Å². The van der Waals surface area contributed by atoms with Crippen molar-refractivity contribution in [3.63, 3.8) is 0 Å². The van der Waals surface area contributed by atoms with Crippen LogP contribution in [-0.2, 0) is 4.79 Å². The van der Waals surface area contributed by atoms with Gasteiger partial charge in [0.1, 0.15) is 0 Å². The average Bonchev–Trinajstić information content (AvgIpc) is 2.53. The van der Waals surface area contributed by atoms with Crippen LogP contribution in [0.5, 0.6) is 0 Å². The van der Waals surface area contributed by atoms with Gasteiger partial charge < -0.3 is 0 Å². The lowest BCUT2D eigenvalue weighted by Gasteiger charge is -2.06. The monoisotopic (exact) mass is 283 g/mol. The number of carbonyl (C=O) groups excluding carboxylic acids is 1. The number of rotatable bonds is 5. The van der Waals surface area contributed by atoms with Crippen molar-refractivity contribution in [1.82, 2.24) is 0 Å². The van der Waals surface area contributed by atoms with Gasteiger partial charge >= 0.3 is 0 Å². The van der Waals surface area contributed by atoms with Crippen LogP contribution in [0, 0.1) is 0 Å². The van der Waals surface area contributed by atoms with E-state index in [4.69, 9.17) is 5.14 Å². The molecule has 0 fully saturated rings. The molecule has 0 amide bonds. The molecule has 0 bridgehead atoms. The molecule has 0 radical (unpaired) electrons. The molecule has 2 N–H and O–H groups in total. The standard InChI is InChI=1S/C17H17NOS/c1-2-17(19)16(14-6-4-3-5-7-14)12-13-8-10-15(20-18)11-9-13/h3-12H,2,18H2,1H3/b16-12+. The van der Waals surface area contributed by atoms with Gasteiger partial charge in [0, 0.05) is 16.9 Å². The lowest BCUT2D eigenvalue weighted by atomic mass is 9.98. The van der Waals surface area contributed by atoms with Gasteiger partial charge in [0.2, 0.25) is 0 Å². The first-order valence-electron chi connectivity index (χ1n) is 6.51. The van der Waals surface area contributed by atoms with Crippen molar-refractivity contribution < 1.29 is 4.79 Å². The summed E-state index contributed by atoms with van der Waals surface area (Å²) in [5.41, 5.74) is 2.71. The third kappa shape index (κ3) is 3.59. The summed E-state index contributed by atoms with van der Waals surface area (Å²) in [7, 11) is 0. The minimum absolute atomic E-state index is 0.147. The second-order valence-electron chi connectivity index (χ2n) is 4.39. The summed E-state index contributed by atoms with van der Waals surface area (Å²) in [6.45, 7) is 1.88. The van der Waals surface area contributed by atoms with Crippen LogP contribution in [0.25, 0.3) is 11.6 Å². The zero-order valence-corrected chi connectivity index (χ0v) is 12.2. The molecule has 0 aliphatic heterocycles. The minimum Gasteiger partial charge on any atom is -0.294 e. The van der Waals surface area contributed by atoms with Crippen LogP contribution in [0.15, 0.2) is 59.5 Å². The third-order valence-electron chi connectivity index (χ3n) is 3.03. The molecule has 0 saturated carbocycles. The van der Waals surface area contributed by atoms with Gasteiger partial charge in [-0.3, -0.25) is 9.93 Å². The van der Waals surface area contributed by atoms with E-state index in [-0.39, 0.29) is 5.78 Å². The van der Waals surface area contributed by atoms with Crippen LogP contribution in [0.1, 0.15) is 24.5 Å². The molecule has 0 aliphatic carbocycles. The van der Waals surface area contributed by atoms with Gasteiger partial charge in [0.05, 0.1) is 0 Å². The van der Waals surface area contributed by atoms with Crippen molar-refractivity contribution in [2.45, 2.75) is 18.2 Å². The van der Waals surface area contributed by atoms with E-state index in [1.54, 1.807) is 0 Å². The van der Waals surface area contributed by atoms with Gasteiger partial charge in [-0.1, -0.05) is 49.4 Å². The fourth-order valence-electron chi connectivity index (χ4n) is 1.94. The Balaban J connectivity index is 2.40. The zero-order chi connectivity index (χ0) is 14.4. The summed E-state index contributed by atoms with van der Waals surface area (Å²) in [4.78, 5) is 13.2. The summed E-state index contributed by atoms with van der Waals surface area (Å²) >= 11 is 1.22. The van der Waals surface area contributed by atoms with Crippen LogP contribution >= 0.6 is 11.9 Å². The number of hydrogen-bond donors (Lipinski definition) is 1. The Kier molecular flexibility index (Phi) is 5.16. The Labute approximate surface area is 123 Å². The number of carbonyl (C=O) groups is 1. The summed E-state index contributed by atoms with van der Waals surface area (Å²) in [6, 6.07) is 17.6. The minimum atomic E-state index is 0.147. The molecule has 0 spiro atoms. The van der Waals surface area contributed by atoms with E-state index >= 15 is 0 Å². The third-order valence-corrected chi connectivity index (χ3v) is 3.58. The zero-order valence-electron chi connectivity index (χ0n) is 11.4. The van der Waals surface area contributed by atoms with Crippen molar-refractivity contribution in [2.75, 3.05) is 0 Å². The Morgan fingerprint density at radius 1 is 1.10 bits per heavy atom. The van der Waals surface area contributed by atoms with Crippen LogP contribution in [0.3, 0.4) is 0 Å². The maximum atomic E-state index is 12.1. The number of Topliss-reactive ketones (excluding diaryl/α,β-unsaturated/α-hetero) is 1. The molecule has 2 nitrogen and oxygen atoms in total. The molecule has 0 aliphatic rings. The topological polar surface area (TPSA) is 43.1 Å². The van der Waals surface area contributed by atoms with Gasteiger partial charge in [0.15, 0.2) is 5.78 Å². The van der Waals surface area contributed by atoms with Crippen LogP contribution in [0.4, 0.5) is 0 Å². The number of allylic oxidation sites excluding steroid dienone is 1. The highest BCUT2D eigenvalue weighted by Gasteiger charge is 2.09. The molecule has 0 atom stereocenters. The normalized spacial score (nSPS) is 11.4. The van der Waals surface area contributed by atoms with Gasteiger partial charge in [-0.05, 0) is 41.3 Å². The Bertz CT molecular complexity index is 603. The molecular formula is C17H17NOS. The Hall–Kier alpha value is -1.84. The molecule has 0 aromatic heterocycles. The fourth-order valence-corrected chi connectivity index (χ4v) is 2.24. The highest BCUT2D eigenvalue weighted by molar-refractivity contribution is 7.97. The van der Waals surface area contributed by atoms with E-state index in [1.165, 1.54) is 11.9 Å². The van der Waals surface area contributed by atoms with Crippen molar-refractivity contribution >= 4 is 29.4 Å². The van der Waals surface area contributed by atoms with Crippen LogP contribution < -0.4 is 5.14 Å². The smallest absolute Gasteiger partial charge is 0.163 e. The fraction of sp³-hybridized carbons (Fsp3) is 0.118. The van der Waals surface area contributed by atoms with Gasteiger partial charge in [-0.15, -0.1) is 0 Å². The molecular weight excluding hydrogens is 266 g/mol. The number of ketones is 1. The highest BCUT2D eigenvalue weighted by atomic mass is 32.2. The SMILES string of the molecule is CCC(=O)/C(=C/c1ccc(SN)cc1)c1ccccc1. The summed E-state index contributed by atoms with van der Waals surface area (Å²) < 4.78 is 0. The summed E-state index contributed by atoms with van der Waals surface area (Å²) in [6.07, 6.45) is 2.43. The van der Waals surface area contributed by atoms with Crippen LogP contribution in [0.2, 0.25) is 0 Å². The van der Waals surface area contributed by atoms with Crippen molar-refractivity contribution in [3.05, 3.63) is 65.7 Å². The van der Waals surface area contributed by atoms with E-state index in [0.29, 0.717) is 6.42 Å². The first-order valence-corrected chi connectivity index (χ1v) is 7.39. The van der Waals surface area contributed by atoms with E-state index in [2.05, 4.69) is 0 Å². The Morgan fingerprint density at radius 3 is 2.30 bits per heavy atom. The number of nitrogens with two attached hydrogens (primary N) is 1.